The minimum Gasteiger partial charge on any atom is -0.481 e. The van der Waals surface area contributed by atoms with E-state index in [2.05, 4.69) is 28.9 Å². The second-order valence-electron chi connectivity index (χ2n) is 11.6. The minimum absolute atomic E-state index is 0.0838. The maximum Gasteiger partial charge on any atom is 0.336 e. The number of methoxy groups -OCH3 is 1. The predicted octanol–water partition coefficient (Wildman–Crippen LogP) is 4.86. The summed E-state index contributed by atoms with van der Waals surface area (Å²) in [4.78, 5) is 62.9. The highest BCUT2D eigenvalue weighted by Crippen LogP contribution is 2.22. The molecule has 0 bridgehead atoms. The molecule has 0 aromatic heterocycles. The van der Waals surface area contributed by atoms with E-state index in [0.29, 0.717) is 42.8 Å². The summed E-state index contributed by atoms with van der Waals surface area (Å²) in [5, 5.41) is 22.9. The van der Waals surface area contributed by atoms with E-state index in [1.807, 2.05) is 5.48 Å². The Balaban J connectivity index is 0.00000427. The Hall–Kier alpha value is -4.21. The van der Waals surface area contributed by atoms with E-state index in [1.165, 1.54) is 39.6 Å². The van der Waals surface area contributed by atoms with E-state index in [4.69, 9.17) is 14.3 Å². The summed E-state index contributed by atoms with van der Waals surface area (Å²) >= 11 is 0. The molecule has 12 heteroatoms. The van der Waals surface area contributed by atoms with Crippen molar-refractivity contribution < 1.29 is 48.5 Å². The van der Waals surface area contributed by atoms with Crippen molar-refractivity contribution >= 4 is 30.0 Å². The van der Waals surface area contributed by atoms with Crippen LogP contribution in [-0.2, 0) is 40.0 Å². The van der Waals surface area contributed by atoms with Gasteiger partial charge in [-0.1, -0.05) is 75.7 Å². The molecule has 0 fully saturated rings. The first-order valence-corrected chi connectivity index (χ1v) is 16.8. The first kappa shape index (κ1) is 44.8. The number of aliphatic carboxylic acids is 1. The molecule has 0 saturated carbocycles. The lowest BCUT2D eigenvalue weighted by molar-refractivity contribution is -0.164. The molecular formula is C37H56N2O10. The highest BCUT2D eigenvalue weighted by molar-refractivity contribution is 5.92. The van der Waals surface area contributed by atoms with E-state index < -0.39 is 35.4 Å². The van der Waals surface area contributed by atoms with Crippen LogP contribution in [-0.4, -0.2) is 72.7 Å². The molecule has 0 radical (unpaired) electrons. The smallest absolute Gasteiger partial charge is 0.336 e. The molecule has 12 nitrogen and oxygen atoms in total. The van der Waals surface area contributed by atoms with Crippen molar-refractivity contribution in [2.45, 2.75) is 116 Å². The molecule has 1 aromatic rings. The fourth-order valence-corrected chi connectivity index (χ4v) is 4.68. The number of benzene rings is 1. The Labute approximate surface area is 291 Å². The van der Waals surface area contributed by atoms with Crippen LogP contribution >= 0.6 is 0 Å². The molecule has 0 heterocycles. The number of carboxylic acids is 1. The van der Waals surface area contributed by atoms with Gasteiger partial charge in [-0.25, -0.2) is 15.1 Å². The molecule has 3 atom stereocenters. The van der Waals surface area contributed by atoms with E-state index >= 15 is 0 Å². The maximum absolute atomic E-state index is 13.3. The standard InChI is InChI=1S/C35H51NO8.C2H5NO2/c1-5-7-9-12-15-18-28(37)19-16-13-10-11-14-17-20-30(35(3,42)34(40)41)32(38)36-31(33(39)43-4)26-27-21-23-29(24-22-27)44-25-8-6-2;1-5-3-2-4/h17,20-24,30-31,42H,5,7,9-16,18-19,25-26H2,1-4H3,(H,36,38)(H,40,41);2H,1H3,(H,3,4)/t30-,31?,35+;/m1./s1. The van der Waals surface area contributed by atoms with Crippen LogP contribution in [0.15, 0.2) is 36.4 Å². The average molecular weight is 689 g/mol. The third-order valence-corrected chi connectivity index (χ3v) is 7.60. The van der Waals surface area contributed by atoms with E-state index in [9.17, 15) is 29.4 Å². The number of unbranched alkanes of at least 4 members (excludes halogenated alkanes) is 8. The number of nitrogens with one attached hydrogen (secondary N) is 2. The second-order valence-corrected chi connectivity index (χ2v) is 11.6. The van der Waals surface area contributed by atoms with Crippen LogP contribution in [0.2, 0.25) is 0 Å². The Bertz CT molecular complexity index is 1200. The molecule has 49 heavy (non-hydrogen) atoms. The zero-order valence-electron chi connectivity index (χ0n) is 29.8. The van der Waals surface area contributed by atoms with Crippen LogP contribution in [0.25, 0.3) is 0 Å². The van der Waals surface area contributed by atoms with Crippen molar-refractivity contribution in [1.29, 1.82) is 0 Å². The van der Waals surface area contributed by atoms with Crippen LogP contribution in [0.4, 0.5) is 0 Å². The molecule has 0 spiro atoms. The van der Waals surface area contributed by atoms with Crippen LogP contribution in [0.3, 0.4) is 0 Å². The number of Topliss-reactive ketones (excluding diaryl/α,β-unsaturated/α-hetero) is 1. The SMILES string of the molecule is CC#CCOc1ccc(CC(NC(=O)[C@@H](C=CCCCCCCC(=O)CCCCCCC)[C@](C)(O)C(=O)O)C(=O)OC)cc1.CONC=O. The van der Waals surface area contributed by atoms with Gasteiger partial charge in [-0.3, -0.25) is 19.2 Å². The van der Waals surface area contributed by atoms with Gasteiger partial charge in [-0.15, -0.1) is 5.92 Å². The van der Waals surface area contributed by atoms with E-state index in [1.54, 1.807) is 37.3 Å². The average Bonchev–Trinajstić information content (AvgIpc) is 3.08. The fourth-order valence-electron chi connectivity index (χ4n) is 4.68. The van der Waals surface area contributed by atoms with Crippen LogP contribution in [0.5, 0.6) is 5.75 Å². The normalized spacial score (nSPS) is 12.9. The van der Waals surface area contributed by atoms with Crippen molar-refractivity contribution in [3.05, 3.63) is 42.0 Å². The first-order chi connectivity index (χ1) is 23.5. The molecule has 1 unspecified atom stereocenters. The Morgan fingerprint density at radius 1 is 0.959 bits per heavy atom. The number of esters is 1. The second kappa shape index (κ2) is 27.7. The number of carboxylic acid groups (broad SMARTS) is 1. The summed E-state index contributed by atoms with van der Waals surface area (Å²) in [7, 11) is 2.57. The van der Waals surface area contributed by atoms with Gasteiger partial charge in [-0.2, -0.15) is 0 Å². The van der Waals surface area contributed by atoms with Gasteiger partial charge in [-0.05, 0) is 57.2 Å². The highest BCUT2D eigenvalue weighted by atomic mass is 16.6. The Morgan fingerprint density at radius 3 is 2.08 bits per heavy atom. The largest absolute Gasteiger partial charge is 0.481 e. The number of amides is 2. The van der Waals surface area contributed by atoms with Crippen molar-refractivity contribution in [1.82, 2.24) is 10.8 Å². The van der Waals surface area contributed by atoms with Gasteiger partial charge < -0.3 is 25.0 Å². The molecule has 274 valence electrons. The molecule has 1 rings (SSSR count). The summed E-state index contributed by atoms with van der Waals surface area (Å²) < 4.78 is 10.4. The monoisotopic (exact) mass is 688 g/mol. The minimum atomic E-state index is -2.40. The lowest BCUT2D eigenvalue weighted by Crippen LogP contribution is -2.53. The van der Waals surface area contributed by atoms with E-state index in [-0.39, 0.29) is 13.0 Å². The van der Waals surface area contributed by atoms with Gasteiger partial charge in [0.2, 0.25) is 12.3 Å². The first-order valence-electron chi connectivity index (χ1n) is 16.8. The molecule has 0 aliphatic heterocycles. The van der Waals surface area contributed by atoms with Crippen molar-refractivity contribution in [2.75, 3.05) is 20.8 Å². The summed E-state index contributed by atoms with van der Waals surface area (Å²) in [6.45, 7) is 5.19. The summed E-state index contributed by atoms with van der Waals surface area (Å²) in [6.07, 6.45) is 14.5. The summed E-state index contributed by atoms with van der Waals surface area (Å²) in [5.74, 6) is 1.94. The predicted molar refractivity (Wildman–Crippen MR) is 186 cm³/mol. The molecule has 4 N–H and O–H groups in total. The van der Waals surface area contributed by atoms with Gasteiger partial charge >= 0.3 is 11.9 Å². The number of hydrogen-bond donors (Lipinski definition) is 4. The fraction of sp³-hybridized carbons (Fsp3) is 0.595. The molecule has 1 aromatic carbocycles. The Kier molecular flexibility index (Phi) is 25.3. The topological polar surface area (TPSA) is 178 Å². The van der Waals surface area contributed by atoms with Gasteiger partial charge in [0.15, 0.2) is 5.60 Å². The van der Waals surface area contributed by atoms with Gasteiger partial charge in [0.25, 0.3) is 0 Å². The molecule has 2 amide bonds. The number of allylic oxidation sites excluding steroid dienone is 1. The van der Waals surface area contributed by atoms with Crippen molar-refractivity contribution in [3.63, 3.8) is 0 Å². The lowest BCUT2D eigenvalue weighted by Gasteiger charge is -2.27. The van der Waals surface area contributed by atoms with E-state index in [0.717, 1.165) is 45.4 Å². The molecular weight excluding hydrogens is 632 g/mol. The highest BCUT2D eigenvalue weighted by Gasteiger charge is 2.43. The number of hydroxylamine groups is 1. The number of carbonyl (C=O) groups excluding carboxylic acids is 4. The van der Waals surface area contributed by atoms with Gasteiger partial charge in [0.1, 0.15) is 24.2 Å². The summed E-state index contributed by atoms with van der Waals surface area (Å²) in [6, 6.07) is 5.82. The lowest BCUT2D eigenvalue weighted by atomic mass is 9.87. The number of hydrogen-bond acceptors (Lipinski definition) is 9. The van der Waals surface area contributed by atoms with Gasteiger partial charge in [0.05, 0.1) is 20.1 Å². The van der Waals surface area contributed by atoms with Crippen LogP contribution < -0.4 is 15.5 Å². The third kappa shape index (κ3) is 20.7. The quantitative estimate of drug-likeness (QED) is 0.0277. The third-order valence-electron chi connectivity index (χ3n) is 7.60. The van der Waals surface area contributed by atoms with Crippen molar-refractivity contribution in [2.24, 2.45) is 5.92 Å². The van der Waals surface area contributed by atoms with Crippen LogP contribution in [0.1, 0.15) is 103 Å². The maximum atomic E-state index is 13.3. The van der Waals surface area contributed by atoms with Crippen LogP contribution in [0, 0.1) is 17.8 Å². The number of rotatable bonds is 25. The van der Waals surface area contributed by atoms with Crippen molar-refractivity contribution in [3.8, 4) is 17.6 Å². The zero-order valence-corrected chi connectivity index (χ0v) is 29.8. The molecule has 0 saturated heterocycles. The number of aliphatic hydroxyl groups is 1. The van der Waals surface area contributed by atoms with Gasteiger partial charge in [0, 0.05) is 19.3 Å². The molecule has 0 aliphatic carbocycles. The number of ether oxygens (including phenoxy) is 2. The summed E-state index contributed by atoms with van der Waals surface area (Å²) in [5.41, 5.74) is 0.235. The zero-order chi connectivity index (χ0) is 36.9. The molecule has 0 aliphatic rings. The number of ketones is 1. The Morgan fingerprint density at radius 2 is 1.57 bits per heavy atom. The number of carbonyl (C=O) groups is 5.